The molecule has 0 saturated carbocycles. The van der Waals surface area contributed by atoms with Crippen LogP contribution in [-0.2, 0) is 21.1 Å². The topological polar surface area (TPSA) is 18.5 Å². The first-order chi connectivity index (χ1) is 15.6. The molecule has 0 unspecified atom stereocenters. The summed E-state index contributed by atoms with van der Waals surface area (Å²) >= 11 is -4.21. The van der Waals surface area contributed by atoms with Crippen LogP contribution in [0.15, 0.2) is 88.5 Å². The average molecular weight is 520 g/mol. The van der Waals surface area contributed by atoms with Gasteiger partial charge in [0.05, 0.1) is 0 Å². The van der Waals surface area contributed by atoms with E-state index in [-0.39, 0.29) is 0 Å². The van der Waals surface area contributed by atoms with E-state index >= 15 is 0 Å². The Hall–Kier alpha value is -2.12. The second kappa shape index (κ2) is 9.26. The van der Waals surface area contributed by atoms with Gasteiger partial charge in [-0.3, -0.25) is 0 Å². The maximum absolute atomic E-state index is 7.24. The SMILES string of the molecule is CC1=C(C)[C]([Zr]([O]c2ccc(C)cc2)([O]c2ccc(C)cc2)[C]2=C(C)CC(C)=C2C)=C(C)C1. The molecule has 2 aliphatic rings. The van der Waals surface area contributed by atoms with Crippen molar-refractivity contribution in [1.29, 1.82) is 0 Å². The van der Waals surface area contributed by atoms with Crippen LogP contribution in [0.2, 0.25) is 0 Å². The Morgan fingerprint density at radius 3 is 1.09 bits per heavy atom. The van der Waals surface area contributed by atoms with Gasteiger partial charge in [0.1, 0.15) is 0 Å². The van der Waals surface area contributed by atoms with Gasteiger partial charge in [-0.1, -0.05) is 0 Å². The predicted octanol–water partition coefficient (Wildman–Crippen LogP) is 8.77. The van der Waals surface area contributed by atoms with Gasteiger partial charge in [-0.05, 0) is 0 Å². The standard InChI is InChI=1S/2C8H11.2C7H8O.Zr/c2*1-6-4-7(2)8(3)5-6;2*1-6-2-4-7(8)5-3-6;/h2*4H2,1-3H3;2*2-5,8H,1H3;/q;;;;+2/p-2. The number of aryl methyl sites for hydroxylation is 2. The summed E-state index contributed by atoms with van der Waals surface area (Å²) in [5.41, 5.74) is 10.8. The molecule has 2 aliphatic carbocycles. The van der Waals surface area contributed by atoms with Crippen LogP contribution in [0.3, 0.4) is 0 Å². The molecule has 2 nitrogen and oxygen atoms in total. The molecule has 33 heavy (non-hydrogen) atoms. The van der Waals surface area contributed by atoms with Gasteiger partial charge in [0, 0.05) is 0 Å². The summed E-state index contributed by atoms with van der Waals surface area (Å²) in [4.78, 5) is 0. The Morgan fingerprint density at radius 1 is 0.485 bits per heavy atom. The van der Waals surface area contributed by atoms with Gasteiger partial charge in [0.25, 0.3) is 0 Å². The van der Waals surface area contributed by atoms with Crippen LogP contribution < -0.4 is 5.63 Å². The van der Waals surface area contributed by atoms with Gasteiger partial charge in [-0.2, -0.15) is 0 Å². The van der Waals surface area contributed by atoms with Crippen molar-refractivity contribution in [3.8, 4) is 11.5 Å². The molecular formula is C30H36O2Zr. The normalized spacial score (nSPS) is 17.0. The summed E-state index contributed by atoms with van der Waals surface area (Å²) in [6.45, 7) is 17.8. The third kappa shape index (κ3) is 4.50. The Morgan fingerprint density at radius 2 is 0.818 bits per heavy atom. The van der Waals surface area contributed by atoms with E-state index in [2.05, 4.69) is 104 Å². The molecular weight excluding hydrogens is 484 g/mol. The summed E-state index contributed by atoms with van der Waals surface area (Å²) in [5, 5.41) is 0. The molecule has 3 heteroatoms. The van der Waals surface area contributed by atoms with E-state index in [1.165, 1.54) is 51.1 Å². The van der Waals surface area contributed by atoms with Crippen molar-refractivity contribution in [2.75, 3.05) is 0 Å². The van der Waals surface area contributed by atoms with Crippen molar-refractivity contribution in [2.45, 2.75) is 68.2 Å². The predicted molar refractivity (Wildman–Crippen MR) is 135 cm³/mol. The van der Waals surface area contributed by atoms with Crippen molar-refractivity contribution >= 4 is 0 Å². The average Bonchev–Trinajstić information content (AvgIpc) is 3.18. The molecule has 2 aromatic rings. The van der Waals surface area contributed by atoms with Crippen molar-refractivity contribution in [2.24, 2.45) is 0 Å². The van der Waals surface area contributed by atoms with Crippen LogP contribution in [0.25, 0.3) is 0 Å². The Labute approximate surface area is 205 Å². The number of allylic oxidation sites excluding steroid dienone is 8. The molecule has 2 aromatic carbocycles. The van der Waals surface area contributed by atoms with Gasteiger partial charge in [-0.25, -0.2) is 0 Å². The molecule has 0 fully saturated rings. The summed E-state index contributed by atoms with van der Waals surface area (Å²) in [6, 6.07) is 16.9. The van der Waals surface area contributed by atoms with E-state index in [0.717, 1.165) is 24.3 Å². The molecule has 0 saturated heterocycles. The van der Waals surface area contributed by atoms with Gasteiger partial charge in [0.15, 0.2) is 0 Å². The Kier molecular flexibility index (Phi) is 6.74. The van der Waals surface area contributed by atoms with E-state index in [1.807, 2.05) is 0 Å². The zero-order valence-corrected chi connectivity index (χ0v) is 23.8. The molecule has 0 N–H and O–H groups in total. The van der Waals surface area contributed by atoms with Gasteiger partial charge < -0.3 is 0 Å². The minimum atomic E-state index is -4.21. The summed E-state index contributed by atoms with van der Waals surface area (Å²) < 4.78 is 17.2. The Balaban J connectivity index is 2.01. The molecule has 4 rings (SSSR count). The van der Waals surface area contributed by atoms with Crippen LogP contribution in [0.5, 0.6) is 11.5 Å². The van der Waals surface area contributed by atoms with E-state index in [4.69, 9.17) is 5.63 Å². The van der Waals surface area contributed by atoms with E-state index < -0.39 is 21.1 Å². The number of benzene rings is 2. The zero-order chi connectivity index (χ0) is 23.9. The molecule has 0 heterocycles. The van der Waals surface area contributed by atoms with E-state index in [0.29, 0.717) is 0 Å². The molecule has 0 aromatic heterocycles. The summed E-state index contributed by atoms with van der Waals surface area (Å²) in [6.07, 6.45) is 2.00. The fourth-order valence-corrected chi connectivity index (χ4v) is 15.9. The quantitative estimate of drug-likeness (QED) is 0.380. The third-order valence-corrected chi connectivity index (χ3v) is 16.9. The van der Waals surface area contributed by atoms with Gasteiger partial charge in [-0.15, -0.1) is 0 Å². The van der Waals surface area contributed by atoms with Gasteiger partial charge in [0.2, 0.25) is 0 Å². The Bertz CT molecular complexity index is 1110. The fraction of sp³-hybridized carbons (Fsp3) is 0.333. The van der Waals surface area contributed by atoms with Crippen molar-refractivity contribution in [3.05, 3.63) is 99.7 Å². The first kappa shape index (κ1) is 24.0. The summed E-state index contributed by atoms with van der Waals surface area (Å²) in [5.74, 6) is 1.80. The van der Waals surface area contributed by atoms with E-state index in [1.54, 1.807) is 0 Å². The molecule has 0 aliphatic heterocycles. The molecule has 0 bridgehead atoms. The van der Waals surface area contributed by atoms with Crippen LogP contribution in [-0.4, -0.2) is 0 Å². The number of rotatable bonds is 6. The third-order valence-electron chi connectivity index (χ3n) is 7.17. The molecule has 0 radical (unpaired) electrons. The van der Waals surface area contributed by atoms with Crippen molar-refractivity contribution < 1.29 is 26.8 Å². The first-order valence-electron chi connectivity index (χ1n) is 11.9. The maximum atomic E-state index is 7.24. The van der Waals surface area contributed by atoms with Gasteiger partial charge >= 0.3 is 206 Å². The zero-order valence-electron chi connectivity index (χ0n) is 21.3. The molecule has 0 amide bonds. The number of hydrogen-bond acceptors (Lipinski definition) is 2. The fourth-order valence-electron chi connectivity index (χ4n) is 5.25. The van der Waals surface area contributed by atoms with E-state index in [9.17, 15) is 0 Å². The second-order valence-electron chi connectivity index (χ2n) is 9.92. The summed E-state index contributed by atoms with van der Waals surface area (Å²) in [7, 11) is 0. The minimum absolute atomic E-state index is 0.902. The number of hydrogen-bond donors (Lipinski definition) is 0. The van der Waals surface area contributed by atoms with Crippen LogP contribution >= 0.6 is 0 Å². The first-order valence-corrected chi connectivity index (χ1v) is 16.3. The van der Waals surface area contributed by atoms with Crippen LogP contribution in [0.1, 0.15) is 65.5 Å². The molecule has 0 spiro atoms. The second-order valence-corrected chi connectivity index (χ2v) is 16.4. The van der Waals surface area contributed by atoms with Crippen molar-refractivity contribution in [3.63, 3.8) is 0 Å². The van der Waals surface area contributed by atoms with Crippen molar-refractivity contribution in [1.82, 2.24) is 0 Å². The van der Waals surface area contributed by atoms with Crippen LogP contribution in [0.4, 0.5) is 0 Å². The molecule has 0 atom stereocenters. The van der Waals surface area contributed by atoms with Crippen LogP contribution in [0, 0.1) is 13.8 Å². The molecule has 172 valence electrons. The monoisotopic (exact) mass is 518 g/mol.